The first-order chi connectivity index (χ1) is 7.52. The smallest absolute Gasteiger partial charge is 0.367 e. The predicted molar refractivity (Wildman–Crippen MR) is 64.5 cm³/mol. The van der Waals surface area contributed by atoms with Gasteiger partial charge in [-0.2, -0.15) is 0 Å². The maximum absolute atomic E-state index is 11.4. The van der Waals surface area contributed by atoms with Crippen LogP contribution >= 0.6 is 11.8 Å². The van der Waals surface area contributed by atoms with Crippen LogP contribution in [0.4, 0.5) is 4.79 Å². The Balaban J connectivity index is 3.99. The Labute approximate surface area is 101 Å². The highest BCUT2D eigenvalue weighted by Gasteiger charge is 2.24. The molecule has 2 atom stereocenters. The Morgan fingerprint density at radius 1 is 1.19 bits per heavy atom. The van der Waals surface area contributed by atoms with Gasteiger partial charge in [-0.1, -0.05) is 20.8 Å². The summed E-state index contributed by atoms with van der Waals surface area (Å²) in [6.07, 6.45) is 0.800. The zero-order valence-corrected chi connectivity index (χ0v) is 11.1. The van der Waals surface area contributed by atoms with E-state index in [1.54, 1.807) is 13.8 Å². The average Bonchev–Trinajstić information content (AvgIpc) is 2.25. The summed E-state index contributed by atoms with van der Waals surface area (Å²) in [5.41, 5.74) is 0. The van der Waals surface area contributed by atoms with E-state index < -0.39 is 0 Å². The highest BCUT2D eigenvalue weighted by Crippen LogP contribution is 2.22. The maximum atomic E-state index is 11.4. The molecule has 0 aliphatic carbocycles. The second-order valence-corrected chi connectivity index (χ2v) is 4.77. The highest BCUT2D eigenvalue weighted by molar-refractivity contribution is 8.13. The van der Waals surface area contributed by atoms with Gasteiger partial charge in [0.05, 0.1) is 19.1 Å². The molecule has 94 valence electrons. The van der Waals surface area contributed by atoms with Crippen molar-refractivity contribution in [1.29, 1.82) is 0 Å². The number of hydrogen-bond acceptors (Lipinski definition) is 5. The Bertz CT molecular complexity index is 230. The van der Waals surface area contributed by atoms with Gasteiger partial charge in [-0.3, -0.25) is 4.79 Å². The lowest BCUT2D eigenvalue weighted by Gasteiger charge is -2.16. The van der Waals surface area contributed by atoms with Crippen LogP contribution < -0.4 is 0 Å². The van der Waals surface area contributed by atoms with E-state index in [9.17, 15) is 9.59 Å². The molecule has 16 heavy (non-hydrogen) atoms. The Morgan fingerprint density at radius 3 is 2.31 bits per heavy atom. The molecular weight excluding hydrogens is 228 g/mol. The molecule has 2 unspecified atom stereocenters. The molecule has 0 rings (SSSR count). The van der Waals surface area contributed by atoms with Crippen molar-refractivity contribution in [3.8, 4) is 0 Å². The third kappa shape index (κ3) is 6.00. The average molecular weight is 248 g/mol. The van der Waals surface area contributed by atoms with Crippen molar-refractivity contribution >= 4 is 23.0 Å². The number of ether oxygens (including phenoxy) is 2. The summed E-state index contributed by atoms with van der Waals surface area (Å²) in [5, 5.41) is -0.464. The van der Waals surface area contributed by atoms with Crippen LogP contribution in [0.1, 0.15) is 34.1 Å². The van der Waals surface area contributed by atoms with E-state index in [1.165, 1.54) is 0 Å². The van der Waals surface area contributed by atoms with Crippen molar-refractivity contribution in [2.75, 3.05) is 13.2 Å². The fourth-order valence-electron chi connectivity index (χ4n) is 0.939. The first-order valence-corrected chi connectivity index (χ1v) is 6.40. The Hall–Kier alpha value is -0.710. The topological polar surface area (TPSA) is 52.6 Å². The molecule has 0 aromatic heterocycles. The molecule has 0 aromatic rings. The summed E-state index contributed by atoms with van der Waals surface area (Å²) in [5.74, 6) is -0.579. The van der Waals surface area contributed by atoms with Crippen molar-refractivity contribution in [3.05, 3.63) is 0 Å². The number of thioether (sulfide) groups is 1. The van der Waals surface area contributed by atoms with E-state index in [0.717, 1.165) is 18.2 Å². The minimum atomic E-state index is -0.328. The second-order valence-electron chi connectivity index (χ2n) is 3.46. The molecule has 0 saturated carbocycles. The second kappa shape index (κ2) is 8.44. The van der Waals surface area contributed by atoms with Crippen LogP contribution in [-0.4, -0.2) is 29.7 Å². The maximum Gasteiger partial charge on any atom is 0.367 e. The summed E-state index contributed by atoms with van der Waals surface area (Å²) in [7, 11) is 0. The van der Waals surface area contributed by atoms with Gasteiger partial charge in [0.15, 0.2) is 0 Å². The van der Waals surface area contributed by atoms with Gasteiger partial charge in [0, 0.05) is 5.25 Å². The monoisotopic (exact) mass is 248 g/mol. The highest BCUT2D eigenvalue weighted by atomic mass is 32.2. The van der Waals surface area contributed by atoms with Crippen molar-refractivity contribution in [3.63, 3.8) is 0 Å². The fraction of sp³-hybridized carbons (Fsp3) is 0.818. The Kier molecular flexibility index (Phi) is 8.07. The van der Waals surface area contributed by atoms with E-state index >= 15 is 0 Å². The van der Waals surface area contributed by atoms with Gasteiger partial charge in [0.25, 0.3) is 0 Å². The lowest BCUT2D eigenvalue weighted by molar-refractivity contribution is -0.147. The third-order valence-electron chi connectivity index (χ3n) is 2.07. The number of carbonyl (C=O) groups is 2. The van der Waals surface area contributed by atoms with Gasteiger partial charge in [0.1, 0.15) is 0 Å². The van der Waals surface area contributed by atoms with Crippen LogP contribution in [0.15, 0.2) is 0 Å². The van der Waals surface area contributed by atoms with Gasteiger partial charge < -0.3 is 9.47 Å². The van der Waals surface area contributed by atoms with E-state index in [0.29, 0.717) is 13.2 Å². The number of esters is 1. The van der Waals surface area contributed by atoms with Crippen LogP contribution in [0.5, 0.6) is 0 Å². The molecule has 5 heteroatoms. The normalized spacial score (nSPS) is 14.0. The van der Waals surface area contributed by atoms with Crippen LogP contribution in [-0.2, 0) is 14.3 Å². The number of carbonyl (C=O) groups excluding carboxylic acids is 2. The molecule has 0 aliphatic heterocycles. The summed E-state index contributed by atoms with van der Waals surface area (Å²) < 4.78 is 9.81. The van der Waals surface area contributed by atoms with Crippen LogP contribution in [0, 0.1) is 5.92 Å². The quantitative estimate of drug-likeness (QED) is 0.676. The summed E-state index contributed by atoms with van der Waals surface area (Å²) in [4.78, 5) is 22.7. The molecule has 0 fully saturated rings. The fourth-order valence-corrected chi connectivity index (χ4v) is 1.71. The minimum absolute atomic E-state index is 0.136. The minimum Gasteiger partial charge on any atom is -0.466 e. The van der Waals surface area contributed by atoms with Gasteiger partial charge in [-0.15, -0.1) is 0 Å². The molecule has 0 radical (unpaired) electrons. The van der Waals surface area contributed by atoms with Crippen molar-refractivity contribution < 1.29 is 19.1 Å². The van der Waals surface area contributed by atoms with Gasteiger partial charge in [-0.25, -0.2) is 4.79 Å². The van der Waals surface area contributed by atoms with Crippen LogP contribution in [0.3, 0.4) is 0 Å². The van der Waals surface area contributed by atoms with Crippen LogP contribution in [0.2, 0.25) is 0 Å². The third-order valence-corrected chi connectivity index (χ3v) is 3.16. The first-order valence-electron chi connectivity index (χ1n) is 5.52. The molecule has 0 bridgehead atoms. The van der Waals surface area contributed by atoms with E-state index in [1.807, 2.05) is 13.8 Å². The molecule has 0 aliphatic rings. The molecule has 0 spiro atoms. The first kappa shape index (κ1) is 15.3. The molecule has 0 aromatic carbocycles. The largest absolute Gasteiger partial charge is 0.466 e. The molecule has 0 N–H and O–H groups in total. The standard InChI is InChI=1S/C11H20O4S/c1-5-7-15-11(13)16-9(4)8(3)10(12)14-6-2/h8-9H,5-7H2,1-4H3. The zero-order valence-electron chi connectivity index (χ0n) is 10.3. The van der Waals surface area contributed by atoms with Crippen LogP contribution in [0.25, 0.3) is 0 Å². The molecule has 0 amide bonds. The lowest BCUT2D eigenvalue weighted by atomic mass is 10.1. The molecule has 4 nitrogen and oxygen atoms in total. The van der Waals surface area contributed by atoms with Crippen molar-refractivity contribution in [2.45, 2.75) is 39.4 Å². The predicted octanol–water partition coefficient (Wildman–Crippen LogP) is 2.85. The lowest BCUT2D eigenvalue weighted by Crippen LogP contribution is -2.24. The van der Waals surface area contributed by atoms with Gasteiger partial charge >= 0.3 is 11.3 Å². The van der Waals surface area contributed by atoms with E-state index in [4.69, 9.17) is 9.47 Å². The molecule has 0 saturated heterocycles. The van der Waals surface area contributed by atoms with Gasteiger partial charge in [0.2, 0.25) is 0 Å². The zero-order chi connectivity index (χ0) is 12.6. The molecular formula is C11H20O4S. The SMILES string of the molecule is CCCOC(=O)SC(C)C(C)C(=O)OCC. The van der Waals surface area contributed by atoms with E-state index in [-0.39, 0.29) is 22.4 Å². The number of rotatable bonds is 6. The summed E-state index contributed by atoms with van der Waals surface area (Å²) in [6, 6.07) is 0. The Morgan fingerprint density at radius 2 is 1.81 bits per heavy atom. The van der Waals surface area contributed by atoms with Crippen molar-refractivity contribution in [1.82, 2.24) is 0 Å². The van der Waals surface area contributed by atoms with Gasteiger partial charge in [-0.05, 0) is 25.1 Å². The summed E-state index contributed by atoms with van der Waals surface area (Å²) in [6.45, 7) is 8.05. The van der Waals surface area contributed by atoms with E-state index in [2.05, 4.69) is 0 Å². The number of hydrogen-bond donors (Lipinski definition) is 0. The summed E-state index contributed by atoms with van der Waals surface area (Å²) >= 11 is 1.04. The van der Waals surface area contributed by atoms with Crippen molar-refractivity contribution in [2.24, 2.45) is 5.92 Å². The molecule has 0 heterocycles.